The van der Waals surface area contributed by atoms with Crippen molar-refractivity contribution in [1.29, 1.82) is 0 Å². The lowest BCUT2D eigenvalue weighted by atomic mass is 10.0. The molecule has 0 saturated carbocycles. The lowest BCUT2D eigenvalue weighted by Crippen LogP contribution is -2.35. The fourth-order valence-corrected chi connectivity index (χ4v) is 4.82. The number of pyridine rings is 1. The molecule has 0 aliphatic carbocycles. The number of nitrogens with zero attached hydrogens (tertiary/aromatic N) is 2. The highest BCUT2D eigenvalue weighted by atomic mass is 35.5. The van der Waals surface area contributed by atoms with Gasteiger partial charge in [0.15, 0.2) is 0 Å². The Labute approximate surface area is 169 Å². The molecule has 1 aliphatic heterocycles. The van der Waals surface area contributed by atoms with Gasteiger partial charge in [-0.25, -0.2) is 0 Å². The Hall–Kier alpha value is -1.88. The van der Waals surface area contributed by atoms with Gasteiger partial charge in [-0.1, -0.05) is 23.7 Å². The van der Waals surface area contributed by atoms with Crippen LogP contribution >= 0.6 is 22.9 Å². The molecule has 1 saturated heterocycles. The third-order valence-electron chi connectivity index (χ3n) is 5.30. The van der Waals surface area contributed by atoms with Crippen molar-refractivity contribution in [2.45, 2.75) is 20.8 Å². The topological polar surface area (TPSA) is 25.4 Å². The van der Waals surface area contributed by atoms with Gasteiger partial charge in [0.25, 0.3) is 0 Å². The van der Waals surface area contributed by atoms with Crippen molar-refractivity contribution in [3.8, 4) is 21.7 Å². The number of ether oxygens (including phenoxy) is 1. The number of benzene rings is 1. The summed E-state index contributed by atoms with van der Waals surface area (Å²) in [6.45, 7) is 9.83. The number of aryl methyl sites for hydroxylation is 1. The second-order valence-electron chi connectivity index (χ2n) is 6.98. The zero-order valence-electron chi connectivity index (χ0n) is 15.9. The summed E-state index contributed by atoms with van der Waals surface area (Å²) in [7, 11) is 0. The zero-order chi connectivity index (χ0) is 19.0. The highest BCUT2D eigenvalue weighted by Crippen LogP contribution is 2.44. The van der Waals surface area contributed by atoms with Gasteiger partial charge >= 0.3 is 0 Å². The van der Waals surface area contributed by atoms with Crippen LogP contribution in [0.3, 0.4) is 0 Å². The van der Waals surface area contributed by atoms with E-state index in [1.165, 1.54) is 37.7 Å². The first-order valence-electron chi connectivity index (χ1n) is 9.20. The van der Waals surface area contributed by atoms with Crippen molar-refractivity contribution in [3.63, 3.8) is 0 Å². The quantitative estimate of drug-likeness (QED) is 0.549. The van der Waals surface area contributed by atoms with E-state index < -0.39 is 0 Å². The Kier molecular flexibility index (Phi) is 5.22. The highest BCUT2D eigenvalue weighted by Gasteiger charge is 2.21. The Morgan fingerprint density at radius 1 is 1.04 bits per heavy atom. The molecule has 0 unspecified atom stereocenters. The standard InChI is InChI=1S/C22H23ClN2OS/c1-14-13-24-21(16(3)15(14)2)20-12-19(17-4-6-18(23)7-5-17)22(27-20)25-8-10-26-11-9-25/h4-7,12-13H,8-11H2,1-3H3. The number of halogens is 1. The van der Waals surface area contributed by atoms with Crippen molar-refractivity contribution in [3.05, 3.63) is 58.2 Å². The summed E-state index contributed by atoms with van der Waals surface area (Å²) < 4.78 is 5.56. The van der Waals surface area contributed by atoms with Crippen LogP contribution in [0.5, 0.6) is 0 Å². The molecular formula is C22H23ClN2OS. The van der Waals surface area contributed by atoms with E-state index in [0.717, 1.165) is 37.0 Å². The average molecular weight is 399 g/mol. The monoisotopic (exact) mass is 398 g/mol. The largest absolute Gasteiger partial charge is 0.378 e. The maximum atomic E-state index is 6.11. The van der Waals surface area contributed by atoms with Crippen molar-refractivity contribution in [2.24, 2.45) is 0 Å². The number of aromatic nitrogens is 1. The molecule has 27 heavy (non-hydrogen) atoms. The molecule has 0 N–H and O–H groups in total. The summed E-state index contributed by atoms with van der Waals surface area (Å²) in [6.07, 6.45) is 1.98. The van der Waals surface area contributed by atoms with Crippen LogP contribution in [0, 0.1) is 20.8 Å². The number of anilines is 1. The van der Waals surface area contributed by atoms with Crippen LogP contribution in [0.25, 0.3) is 21.7 Å². The van der Waals surface area contributed by atoms with E-state index >= 15 is 0 Å². The second kappa shape index (κ2) is 7.63. The van der Waals surface area contributed by atoms with Crippen molar-refractivity contribution >= 4 is 27.9 Å². The van der Waals surface area contributed by atoms with E-state index in [1.807, 2.05) is 29.7 Å². The average Bonchev–Trinajstić information content (AvgIpc) is 3.12. The van der Waals surface area contributed by atoms with Crippen LogP contribution in [-0.2, 0) is 4.74 Å². The number of hydrogen-bond donors (Lipinski definition) is 0. The summed E-state index contributed by atoms with van der Waals surface area (Å²) in [6, 6.07) is 10.4. The van der Waals surface area contributed by atoms with Gasteiger partial charge < -0.3 is 9.64 Å². The van der Waals surface area contributed by atoms with E-state index in [1.54, 1.807) is 0 Å². The minimum absolute atomic E-state index is 0.758. The first-order chi connectivity index (χ1) is 13.0. The van der Waals surface area contributed by atoms with Gasteiger partial charge in [-0.05, 0) is 61.2 Å². The molecule has 3 aromatic rings. The Bertz CT molecular complexity index is 959. The molecule has 1 fully saturated rings. The maximum Gasteiger partial charge on any atom is 0.0996 e. The Balaban J connectivity index is 1.84. The second-order valence-corrected chi connectivity index (χ2v) is 8.44. The van der Waals surface area contributed by atoms with Gasteiger partial charge in [-0.15, -0.1) is 11.3 Å². The molecule has 0 radical (unpaired) electrons. The van der Waals surface area contributed by atoms with Crippen LogP contribution in [0.15, 0.2) is 36.5 Å². The minimum Gasteiger partial charge on any atom is -0.378 e. The van der Waals surface area contributed by atoms with Gasteiger partial charge in [0, 0.05) is 29.9 Å². The first kappa shape index (κ1) is 18.5. The summed E-state index contributed by atoms with van der Waals surface area (Å²) in [5, 5.41) is 2.05. The van der Waals surface area contributed by atoms with E-state index in [2.05, 4.69) is 43.9 Å². The smallest absolute Gasteiger partial charge is 0.0996 e. The molecule has 1 aromatic carbocycles. The SMILES string of the molecule is Cc1cnc(-c2cc(-c3ccc(Cl)cc3)c(N3CCOCC3)s2)c(C)c1C. The molecule has 3 heterocycles. The van der Waals surface area contributed by atoms with E-state index in [-0.39, 0.29) is 0 Å². The molecule has 5 heteroatoms. The lowest BCUT2D eigenvalue weighted by Gasteiger charge is -2.28. The predicted octanol–water partition coefficient (Wildman–Crippen LogP) is 5.89. The molecule has 0 amide bonds. The Morgan fingerprint density at radius 3 is 2.44 bits per heavy atom. The summed E-state index contributed by atoms with van der Waals surface area (Å²) in [5.74, 6) is 0. The summed E-state index contributed by atoms with van der Waals surface area (Å²) in [5.41, 5.74) is 7.32. The van der Waals surface area contributed by atoms with Crippen LogP contribution in [0.1, 0.15) is 16.7 Å². The fourth-order valence-electron chi connectivity index (χ4n) is 3.41. The molecule has 1 aliphatic rings. The molecule has 2 aromatic heterocycles. The Morgan fingerprint density at radius 2 is 1.74 bits per heavy atom. The molecule has 3 nitrogen and oxygen atoms in total. The number of hydrogen-bond acceptors (Lipinski definition) is 4. The van der Waals surface area contributed by atoms with Gasteiger partial charge in [0.05, 0.1) is 28.8 Å². The molecule has 0 atom stereocenters. The molecule has 0 bridgehead atoms. The van der Waals surface area contributed by atoms with Crippen molar-refractivity contribution in [2.75, 3.05) is 31.2 Å². The molecular weight excluding hydrogens is 376 g/mol. The molecule has 4 rings (SSSR count). The summed E-state index contributed by atoms with van der Waals surface area (Å²) >= 11 is 7.93. The van der Waals surface area contributed by atoms with Gasteiger partial charge in [-0.3, -0.25) is 4.98 Å². The third-order valence-corrected chi connectivity index (χ3v) is 6.75. The first-order valence-corrected chi connectivity index (χ1v) is 10.4. The van der Waals surface area contributed by atoms with Crippen LogP contribution < -0.4 is 4.90 Å². The van der Waals surface area contributed by atoms with Crippen LogP contribution in [0.4, 0.5) is 5.00 Å². The van der Waals surface area contributed by atoms with E-state index in [0.29, 0.717) is 0 Å². The summed E-state index contributed by atoms with van der Waals surface area (Å²) in [4.78, 5) is 8.40. The number of rotatable bonds is 3. The van der Waals surface area contributed by atoms with Gasteiger partial charge in [-0.2, -0.15) is 0 Å². The number of thiophene rings is 1. The maximum absolute atomic E-state index is 6.11. The van der Waals surface area contributed by atoms with E-state index in [4.69, 9.17) is 21.3 Å². The third kappa shape index (κ3) is 3.62. The van der Waals surface area contributed by atoms with Gasteiger partial charge in [0.2, 0.25) is 0 Å². The van der Waals surface area contributed by atoms with Crippen molar-refractivity contribution < 1.29 is 4.74 Å². The predicted molar refractivity (Wildman–Crippen MR) is 115 cm³/mol. The zero-order valence-corrected chi connectivity index (χ0v) is 17.5. The van der Waals surface area contributed by atoms with Gasteiger partial charge in [0.1, 0.15) is 0 Å². The highest BCUT2D eigenvalue weighted by molar-refractivity contribution is 7.20. The minimum atomic E-state index is 0.758. The lowest BCUT2D eigenvalue weighted by molar-refractivity contribution is 0.123. The molecule has 140 valence electrons. The van der Waals surface area contributed by atoms with Crippen molar-refractivity contribution in [1.82, 2.24) is 4.98 Å². The van der Waals surface area contributed by atoms with E-state index in [9.17, 15) is 0 Å². The van der Waals surface area contributed by atoms with Crippen LogP contribution in [0.2, 0.25) is 5.02 Å². The van der Waals surface area contributed by atoms with Crippen LogP contribution in [-0.4, -0.2) is 31.3 Å². The number of morpholine rings is 1. The molecule has 0 spiro atoms. The fraction of sp³-hybridized carbons (Fsp3) is 0.318. The normalized spacial score (nSPS) is 14.6.